The predicted molar refractivity (Wildman–Crippen MR) is 82.5 cm³/mol. The Kier molecular flexibility index (Phi) is 4.69. The maximum Gasteiger partial charge on any atom is 0.282 e. The maximum absolute atomic E-state index is 12.6. The zero-order valence-corrected chi connectivity index (χ0v) is 13.9. The molecule has 0 bridgehead atoms. The lowest BCUT2D eigenvalue weighted by molar-refractivity contribution is -0.138. The van der Waals surface area contributed by atoms with Gasteiger partial charge in [-0.2, -0.15) is 17.0 Å². The lowest BCUT2D eigenvalue weighted by Gasteiger charge is -2.40. The molecule has 0 aromatic heterocycles. The van der Waals surface area contributed by atoms with Crippen molar-refractivity contribution in [2.45, 2.75) is 0 Å². The van der Waals surface area contributed by atoms with Crippen molar-refractivity contribution < 1.29 is 13.2 Å². The molecule has 0 aromatic rings. The van der Waals surface area contributed by atoms with Gasteiger partial charge in [0.1, 0.15) is 0 Å². The van der Waals surface area contributed by atoms with Crippen molar-refractivity contribution in [1.29, 1.82) is 0 Å². The summed E-state index contributed by atoms with van der Waals surface area (Å²) in [5, 5.41) is 3.10. The third-order valence-electron chi connectivity index (χ3n) is 4.80. The highest BCUT2D eigenvalue weighted by Gasteiger charge is 2.36. The minimum Gasteiger partial charge on any atom is -0.340 e. The topological polar surface area (TPSA) is 76.2 Å². The van der Waals surface area contributed by atoms with E-state index in [1.165, 1.54) is 4.31 Å². The molecule has 3 fully saturated rings. The van der Waals surface area contributed by atoms with Crippen LogP contribution in [0.3, 0.4) is 0 Å². The molecule has 3 aliphatic rings. The molecule has 1 amide bonds. The van der Waals surface area contributed by atoms with Gasteiger partial charge in [-0.15, -0.1) is 0 Å². The number of carbonyl (C=O) groups is 1. The minimum atomic E-state index is -3.38. The number of nitrogens with zero attached hydrogens (tertiary/aromatic N) is 4. The molecule has 9 heteroatoms. The van der Waals surface area contributed by atoms with E-state index in [2.05, 4.69) is 10.2 Å². The molecule has 3 heterocycles. The van der Waals surface area contributed by atoms with E-state index < -0.39 is 10.2 Å². The van der Waals surface area contributed by atoms with Crippen molar-refractivity contribution in [1.82, 2.24) is 23.7 Å². The number of hydrogen-bond acceptors (Lipinski definition) is 5. The van der Waals surface area contributed by atoms with Gasteiger partial charge < -0.3 is 15.1 Å². The third kappa shape index (κ3) is 3.13. The highest BCUT2D eigenvalue weighted by atomic mass is 32.2. The van der Waals surface area contributed by atoms with Gasteiger partial charge >= 0.3 is 0 Å². The SMILES string of the molecule is CN1CCN(S(=O)(=O)N2CCN(C(=O)C3CNC3)CC2)CC1. The molecular formula is C13H25N5O3S. The third-order valence-corrected chi connectivity index (χ3v) is 6.83. The van der Waals surface area contributed by atoms with Crippen LogP contribution in [0.5, 0.6) is 0 Å². The summed E-state index contributed by atoms with van der Waals surface area (Å²) in [6.07, 6.45) is 0. The fraction of sp³-hybridized carbons (Fsp3) is 0.923. The molecule has 0 atom stereocenters. The summed E-state index contributed by atoms with van der Waals surface area (Å²) >= 11 is 0. The monoisotopic (exact) mass is 331 g/mol. The van der Waals surface area contributed by atoms with E-state index in [4.69, 9.17) is 0 Å². The maximum atomic E-state index is 12.6. The van der Waals surface area contributed by atoms with Crippen LogP contribution in [-0.4, -0.2) is 105 Å². The summed E-state index contributed by atoms with van der Waals surface area (Å²) in [6.45, 7) is 5.94. The second-order valence-electron chi connectivity index (χ2n) is 6.29. The Morgan fingerprint density at radius 2 is 1.41 bits per heavy atom. The fourth-order valence-corrected chi connectivity index (χ4v) is 4.62. The average molecular weight is 331 g/mol. The number of likely N-dealkylation sites (N-methyl/N-ethyl adjacent to an activating group) is 1. The van der Waals surface area contributed by atoms with Crippen LogP contribution < -0.4 is 5.32 Å². The number of carbonyl (C=O) groups excluding carboxylic acids is 1. The van der Waals surface area contributed by atoms with Gasteiger partial charge in [-0.3, -0.25) is 4.79 Å². The molecule has 126 valence electrons. The normalized spacial score (nSPS) is 26.9. The van der Waals surface area contributed by atoms with Crippen LogP contribution in [0, 0.1) is 5.92 Å². The van der Waals surface area contributed by atoms with E-state index in [9.17, 15) is 13.2 Å². The molecule has 3 aliphatic heterocycles. The Balaban J connectivity index is 1.54. The smallest absolute Gasteiger partial charge is 0.282 e. The average Bonchev–Trinajstić information content (AvgIpc) is 2.46. The first-order valence-corrected chi connectivity index (χ1v) is 9.31. The van der Waals surface area contributed by atoms with Crippen LogP contribution >= 0.6 is 0 Å². The van der Waals surface area contributed by atoms with E-state index in [0.717, 1.165) is 26.2 Å². The van der Waals surface area contributed by atoms with Gasteiger partial charge in [-0.25, -0.2) is 0 Å². The number of nitrogens with one attached hydrogen (secondary N) is 1. The van der Waals surface area contributed by atoms with E-state index in [0.29, 0.717) is 39.3 Å². The zero-order valence-electron chi connectivity index (χ0n) is 13.1. The first-order chi connectivity index (χ1) is 10.5. The molecule has 0 unspecified atom stereocenters. The lowest BCUT2D eigenvalue weighted by atomic mass is 10.0. The molecule has 3 rings (SSSR count). The molecule has 1 N–H and O–H groups in total. The van der Waals surface area contributed by atoms with Crippen LogP contribution in [0.1, 0.15) is 0 Å². The van der Waals surface area contributed by atoms with Crippen molar-refractivity contribution in [3.63, 3.8) is 0 Å². The lowest BCUT2D eigenvalue weighted by Crippen LogP contribution is -2.59. The van der Waals surface area contributed by atoms with Gasteiger partial charge in [0.25, 0.3) is 10.2 Å². The van der Waals surface area contributed by atoms with Crippen molar-refractivity contribution >= 4 is 16.1 Å². The standard InChI is InChI=1S/C13H25N5O3S/c1-15-2-6-17(7-3-15)22(20,21)18-8-4-16(5-9-18)13(19)12-10-14-11-12/h12,14H,2-11H2,1H3. The van der Waals surface area contributed by atoms with Crippen LogP contribution in [0.15, 0.2) is 0 Å². The Labute approximate surface area is 132 Å². The molecule has 0 saturated carbocycles. The summed E-state index contributed by atoms with van der Waals surface area (Å²) in [5.41, 5.74) is 0. The fourth-order valence-electron chi connectivity index (χ4n) is 3.04. The van der Waals surface area contributed by atoms with E-state index in [1.807, 2.05) is 11.9 Å². The van der Waals surface area contributed by atoms with Crippen LogP contribution in [0.2, 0.25) is 0 Å². The number of rotatable bonds is 3. The Morgan fingerprint density at radius 1 is 0.909 bits per heavy atom. The van der Waals surface area contributed by atoms with Gasteiger partial charge in [0.05, 0.1) is 5.92 Å². The predicted octanol–water partition coefficient (Wildman–Crippen LogP) is -2.16. The Bertz CT molecular complexity index is 506. The summed E-state index contributed by atoms with van der Waals surface area (Å²) in [6, 6.07) is 0. The summed E-state index contributed by atoms with van der Waals surface area (Å²) < 4.78 is 28.4. The van der Waals surface area contributed by atoms with Crippen LogP contribution in [0.4, 0.5) is 0 Å². The van der Waals surface area contributed by atoms with Gasteiger partial charge in [0.2, 0.25) is 5.91 Å². The van der Waals surface area contributed by atoms with Crippen molar-refractivity contribution in [2.24, 2.45) is 5.92 Å². The van der Waals surface area contributed by atoms with E-state index in [-0.39, 0.29) is 11.8 Å². The molecule has 22 heavy (non-hydrogen) atoms. The number of hydrogen-bond donors (Lipinski definition) is 1. The quantitative estimate of drug-likeness (QED) is 0.638. The van der Waals surface area contributed by atoms with E-state index in [1.54, 1.807) is 4.31 Å². The highest BCUT2D eigenvalue weighted by Crippen LogP contribution is 2.16. The summed E-state index contributed by atoms with van der Waals surface area (Å²) in [7, 11) is -1.38. The molecule has 0 aliphatic carbocycles. The van der Waals surface area contributed by atoms with Gasteiger partial charge in [0, 0.05) is 65.4 Å². The van der Waals surface area contributed by atoms with Crippen LogP contribution in [0.25, 0.3) is 0 Å². The van der Waals surface area contributed by atoms with E-state index >= 15 is 0 Å². The Morgan fingerprint density at radius 3 is 1.86 bits per heavy atom. The summed E-state index contributed by atoms with van der Waals surface area (Å²) in [5.74, 6) is 0.246. The molecule has 8 nitrogen and oxygen atoms in total. The molecule has 0 spiro atoms. The number of piperazine rings is 2. The van der Waals surface area contributed by atoms with Crippen molar-refractivity contribution in [3.05, 3.63) is 0 Å². The second-order valence-corrected chi connectivity index (χ2v) is 8.22. The van der Waals surface area contributed by atoms with Gasteiger partial charge in [-0.1, -0.05) is 0 Å². The summed E-state index contributed by atoms with van der Waals surface area (Å²) in [4.78, 5) is 16.1. The van der Waals surface area contributed by atoms with Crippen LogP contribution in [-0.2, 0) is 15.0 Å². The second kappa shape index (κ2) is 6.40. The largest absolute Gasteiger partial charge is 0.340 e. The van der Waals surface area contributed by atoms with Crippen molar-refractivity contribution in [2.75, 3.05) is 72.5 Å². The van der Waals surface area contributed by atoms with Crippen molar-refractivity contribution in [3.8, 4) is 0 Å². The first kappa shape index (κ1) is 16.1. The number of amides is 1. The zero-order chi connectivity index (χ0) is 15.7. The molecular weight excluding hydrogens is 306 g/mol. The van der Waals surface area contributed by atoms with Gasteiger partial charge in [0.15, 0.2) is 0 Å². The highest BCUT2D eigenvalue weighted by molar-refractivity contribution is 7.86. The molecule has 0 radical (unpaired) electrons. The minimum absolute atomic E-state index is 0.0841. The Hall–Kier alpha value is -0.740. The molecule has 3 saturated heterocycles. The van der Waals surface area contributed by atoms with Gasteiger partial charge in [-0.05, 0) is 7.05 Å². The molecule has 0 aromatic carbocycles. The first-order valence-electron chi connectivity index (χ1n) is 7.92.